The maximum Gasteiger partial charge on any atom is 0.182 e. The minimum Gasteiger partial charge on any atom is -0.223 e. The van der Waals surface area contributed by atoms with Crippen LogP contribution in [0.15, 0.2) is 28.7 Å². The molecule has 0 atom stereocenters. The summed E-state index contributed by atoms with van der Waals surface area (Å²) in [7, 11) is 0. The minimum absolute atomic E-state index is 0.263. The van der Waals surface area contributed by atoms with Gasteiger partial charge in [-0.2, -0.15) is 0 Å². The highest BCUT2D eigenvalue weighted by Gasteiger charge is 2.10. The van der Waals surface area contributed by atoms with Crippen molar-refractivity contribution in [3.8, 4) is 11.4 Å². The number of tetrazole rings is 1. The number of nitrogens with zero attached hydrogens (tertiary/aromatic N) is 4. The number of aromatic nitrogens is 4. The molecule has 0 saturated heterocycles. The number of hydrogen-bond donors (Lipinski definition) is 0. The highest BCUT2D eigenvalue weighted by molar-refractivity contribution is 9.10. The minimum atomic E-state index is 0.263. The SMILES string of the molecule is CC(C)n1nnnc1-c1ccc(Br)cc1. The van der Waals surface area contributed by atoms with Crippen molar-refractivity contribution in [2.45, 2.75) is 19.9 Å². The zero-order valence-corrected chi connectivity index (χ0v) is 10.1. The van der Waals surface area contributed by atoms with Crippen LogP contribution in [0.25, 0.3) is 11.4 Å². The van der Waals surface area contributed by atoms with Crippen molar-refractivity contribution >= 4 is 15.9 Å². The van der Waals surface area contributed by atoms with E-state index in [2.05, 4.69) is 45.3 Å². The van der Waals surface area contributed by atoms with Gasteiger partial charge in [-0.3, -0.25) is 0 Å². The molecule has 1 heterocycles. The summed E-state index contributed by atoms with van der Waals surface area (Å²) >= 11 is 3.40. The fourth-order valence-electron chi connectivity index (χ4n) is 1.33. The van der Waals surface area contributed by atoms with Crippen LogP contribution in [0.5, 0.6) is 0 Å². The molecule has 0 radical (unpaired) electrons. The van der Waals surface area contributed by atoms with Crippen LogP contribution in [-0.2, 0) is 0 Å². The molecule has 2 aromatic rings. The molecule has 1 aromatic heterocycles. The van der Waals surface area contributed by atoms with Crippen molar-refractivity contribution < 1.29 is 0 Å². The first-order chi connectivity index (χ1) is 7.18. The average molecular weight is 267 g/mol. The molecule has 4 nitrogen and oxygen atoms in total. The van der Waals surface area contributed by atoms with Gasteiger partial charge in [0, 0.05) is 10.0 Å². The molecule has 0 aliphatic carbocycles. The summed E-state index contributed by atoms with van der Waals surface area (Å²) in [6.45, 7) is 4.11. The molecule has 5 heteroatoms. The Bertz CT molecular complexity index is 447. The maximum atomic E-state index is 4.02. The van der Waals surface area contributed by atoms with E-state index in [4.69, 9.17) is 0 Å². The smallest absolute Gasteiger partial charge is 0.182 e. The van der Waals surface area contributed by atoms with E-state index in [1.807, 2.05) is 28.9 Å². The van der Waals surface area contributed by atoms with Crippen LogP contribution in [0, 0.1) is 0 Å². The molecule has 0 amide bonds. The second-order valence-corrected chi connectivity index (χ2v) is 4.46. The Morgan fingerprint density at radius 2 is 1.87 bits per heavy atom. The third kappa shape index (κ3) is 2.07. The van der Waals surface area contributed by atoms with E-state index >= 15 is 0 Å². The number of benzene rings is 1. The van der Waals surface area contributed by atoms with Crippen LogP contribution in [-0.4, -0.2) is 20.2 Å². The van der Waals surface area contributed by atoms with Crippen LogP contribution in [0.3, 0.4) is 0 Å². The quantitative estimate of drug-likeness (QED) is 0.840. The molecule has 0 saturated carbocycles. The van der Waals surface area contributed by atoms with Gasteiger partial charge in [0.05, 0.1) is 6.04 Å². The van der Waals surface area contributed by atoms with Gasteiger partial charge < -0.3 is 0 Å². The Kier molecular flexibility index (Phi) is 2.81. The first-order valence-electron chi connectivity index (χ1n) is 4.72. The highest BCUT2D eigenvalue weighted by atomic mass is 79.9. The normalized spacial score (nSPS) is 10.9. The lowest BCUT2D eigenvalue weighted by molar-refractivity contribution is 0.519. The van der Waals surface area contributed by atoms with Crippen LogP contribution >= 0.6 is 15.9 Å². The molecule has 0 aliphatic heterocycles. The van der Waals surface area contributed by atoms with Crippen molar-refractivity contribution in [3.05, 3.63) is 28.7 Å². The third-order valence-electron chi connectivity index (χ3n) is 2.08. The molecular weight excluding hydrogens is 256 g/mol. The molecule has 0 fully saturated rings. The van der Waals surface area contributed by atoms with E-state index in [1.54, 1.807) is 0 Å². The van der Waals surface area contributed by atoms with E-state index in [0.29, 0.717) is 0 Å². The Morgan fingerprint density at radius 1 is 1.20 bits per heavy atom. The molecule has 15 heavy (non-hydrogen) atoms. The summed E-state index contributed by atoms with van der Waals surface area (Å²) < 4.78 is 2.86. The van der Waals surface area contributed by atoms with E-state index in [0.717, 1.165) is 15.9 Å². The number of halogens is 1. The van der Waals surface area contributed by atoms with E-state index in [1.165, 1.54) is 0 Å². The molecular formula is C10H11BrN4. The van der Waals surface area contributed by atoms with Gasteiger partial charge >= 0.3 is 0 Å². The van der Waals surface area contributed by atoms with E-state index < -0.39 is 0 Å². The molecule has 0 aliphatic rings. The summed E-state index contributed by atoms with van der Waals surface area (Å²) in [6, 6.07) is 8.21. The second kappa shape index (κ2) is 4.10. The Labute approximate surface area is 96.4 Å². The van der Waals surface area contributed by atoms with Gasteiger partial charge in [0.25, 0.3) is 0 Å². The maximum absolute atomic E-state index is 4.02. The van der Waals surface area contributed by atoms with Gasteiger partial charge in [0.15, 0.2) is 5.82 Å². The molecule has 78 valence electrons. The van der Waals surface area contributed by atoms with Gasteiger partial charge in [-0.25, -0.2) is 4.68 Å². The first kappa shape index (κ1) is 10.3. The van der Waals surface area contributed by atoms with Crippen LogP contribution in [0.2, 0.25) is 0 Å². The standard InChI is InChI=1S/C10H11BrN4/c1-7(2)15-10(12-13-14-15)8-3-5-9(11)6-4-8/h3-7H,1-2H3. The topological polar surface area (TPSA) is 43.6 Å². The monoisotopic (exact) mass is 266 g/mol. The molecule has 0 spiro atoms. The first-order valence-corrected chi connectivity index (χ1v) is 5.51. The van der Waals surface area contributed by atoms with Crippen LogP contribution in [0.4, 0.5) is 0 Å². The lowest BCUT2D eigenvalue weighted by Crippen LogP contribution is -2.05. The highest BCUT2D eigenvalue weighted by Crippen LogP contribution is 2.20. The third-order valence-corrected chi connectivity index (χ3v) is 2.61. The van der Waals surface area contributed by atoms with Crippen molar-refractivity contribution in [2.24, 2.45) is 0 Å². The lowest BCUT2D eigenvalue weighted by atomic mass is 10.2. The number of rotatable bonds is 2. The zero-order valence-electron chi connectivity index (χ0n) is 8.55. The summed E-state index contributed by atoms with van der Waals surface area (Å²) in [4.78, 5) is 0. The summed E-state index contributed by atoms with van der Waals surface area (Å²) in [5.41, 5.74) is 1.02. The molecule has 0 unspecified atom stereocenters. The summed E-state index contributed by atoms with van der Waals surface area (Å²) in [6.07, 6.45) is 0. The van der Waals surface area contributed by atoms with Crippen molar-refractivity contribution in [1.29, 1.82) is 0 Å². The summed E-state index contributed by atoms with van der Waals surface area (Å²) in [5, 5.41) is 11.7. The van der Waals surface area contributed by atoms with E-state index in [9.17, 15) is 0 Å². The Balaban J connectivity index is 2.45. The van der Waals surface area contributed by atoms with Gasteiger partial charge in [0.2, 0.25) is 0 Å². The van der Waals surface area contributed by atoms with Gasteiger partial charge in [-0.05, 0) is 36.4 Å². The molecule has 0 N–H and O–H groups in total. The molecule has 0 bridgehead atoms. The Hall–Kier alpha value is -1.23. The van der Waals surface area contributed by atoms with Gasteiger partial charge in [-0.15, -0.1) is 5.10 Å². The van der Waals surface area contributed by atoms with E-state index in [-0.39, 0.29) is 6.04 Å². The zero-order chi connectivity index (χ0) is 10.8. The van der Waals surface area contributed by atoms with Crippen molar-refractivity contribution in [1.82, 2.24) is 20.2 Å². The molecule has 2 rings (SSSR count). The second-order valence-electron chi connectivity index (χ2n) is 3.55. The average Bonchev–Trinajstić information content (AvgIpc) is 2.67. The molecule has 1 aromatic carbocycles. The van der Waals surface area contributed by atoms with Crippen molar-refractivity contribution in [3.63, 3.8) is 0 Å². The fraction of sp³-hybridized carbons (Fsp3) is 0.300. The number of hydrogen-bond acceptors (Lipinski definition) is 3. The van der Waals surface area contributed by atoms with Crippen LogP contribution < -0.4 is 0 Å². The van der Waals surface area contributed by atoms with Crippen molar-refractivity contribution in [2.75, 3.05) is 0 Å². The van der Waals surface area contributed by atoms with Gasteiger partial charge in [0.1, 0.15) is 0 Å². The predicted molar refractivity (Wildman–Crippen MR) is 61.3 cm³/mol. The fourth-order valence-corrected chi connectivity index (χ4v) is 1.59. The lowest BCUT2D eigenvalue weighted by Gasteiger charge is -2.07. The predicted octanol–water partition coefficient (Wildman–Crippen LogP) is 2.68. The van der Waals surface area contributed by atoms with Gasteiger partial charge in [-0.1, -0.05) is 28.1 Å². The van der Waals surface area contributed by atoms with Crippen LogP contribution in [0.1, 0.15) is 19.9 Å². The largest absolute Gasteiger partial charge is 0.223 e. The Morgan fingerprint density at radius 3 is 2.47 bits per heavy atom. The summed E-state index contributed by atoms with van der Waals surface area (Å²) in [5.74, 6) is 0.803.